The molecule has 4 aliphatic carbocycles. The number of allylic oxidation sites excluding steroid dienone is 2. The van der Waals surface area contributed by atoms with Crippen LogP contribution in [0.2, 0.25) is 0 Å². The van der Waals surface area contributed by atoms with Crippen molar-refractivity contribution in [2.45, 2.75) is 13.0 Å². The Morgan fingerprint density at radius 1 is 1.03 bits per heavy atom. The molecule has 35 heavy (non-hydrogen) atoms. The van der Waals surface area contributed by atoms with Gasteiger partial charge in [0.05, 0.1) is 30.1 Å². The molecule has 2 saturated carbocycles. The molecule has 0 aromatic heterocycles. The number of carbonyl (C=O) groups is 2. The Morgan fingerprint density at radius 2 is 1.69 bits per heavy atom. The van der Waals surface area contributed by atoms with Crippen LogP contribution >= 0.6 is 0 Å². The number of rotatable bonds is 7. The van der Waals surface area contributed by atoms with E-state index in [1.165, 1.54) is 25.5 Å². The first-order valence-corrected chi connectivity index (χ1v) is 11.6. The number of hydrogen-bond acceptors (Lipinski definition) is 7. The Balaban J connectivity index is 1.15. The highest BCUT2D eigenvalue weighted by molar-refractivity contribution is 6.06. The van der Waals surface area contributed by atoms with Gasteiger partial charge in [-0.2, -0.15) is 10.1 Å². The average molecular weight is 473 g/mol. The van der Waals surface area contributed by atoms with Crippen LogP contribution in [0.1, 0.15) is 17.5 Å². The van der Waals surface area contributed by atoms with E-state index in [4.69, 9.17) is 9.47 Å². The molecular weight excluding hydrogens is 450 g/mol. The lowest BCUT2D eigenvalue weighted by Gasteiger charge is -2.37. The number of nitrogens with zero attached hydrogens (tertiary/aromatic N) is 3. The first kappa shape index (κ1) is 21.5. The van der Waals surface area contributed by atoms with Crippen molar-refractivity contribution < 1.29 is 24.0 Å². The van der Waals surface area contributed by atoms with Gasteiger partial charge in [-0.05, 0) is 71.6 Å². The number of carbonyl (C=O) groups excluding carboxylic acids is 2. The molecule has 2 aromatic carbocycles. The van der Waals surface area contributed by atoms with Gasteiger partial charge in [-0.25, -0.2) is 0 Å². The van der Waals surface area contributed by atoms with Crippen LogP contribution in [0.15, 0.2) is 59.7 Å². The lowest BCUT2D eigenvalue weighted by molar-refractivity contribution is -0.384. The lowest BCUT2D eigenvalue weighted by Crippen LogP contribution is -2.40. The summed E-state index contributed by atoms with van der Waals surface area (Å²) < 4.78 is 11.3. The van der Waals surface area contributed by atoms with E-state index < -0.39 is 4.92 Å². The smallest absolute Gasteiger partial charge is 0.269 e. The molecule has 2 aromatic rings. The van der Waals surface area contributed by atoms with Crippen LogP contribution < -0.4 is 9.47 Å². The summed E-state index contributed by atoms with van der Waals surface area (Å²) in [6.45, 7) is 0.208. The van der Waals surface area contributed by atoms with Crippen molar-refractivity contribution in [3.05, 3.63) is 75.9 Å². The van der Waals surface area contributed by atoms with E-state index in [2.05, 4.69) is 17.3 Å². The first-order chi connectivity index (χ1) is 17.0. The van der Waals surface area contributed by atoms with Crippen LogP contribution in [0.3, 0.4) is 0 Å². The minimum absolute atomic E-state index is 0.0184. The Kier molecular flexibility index (Phi) is 4.94. The van der Waals surface area contributed by atoms with Gasteiger partial charge in [-0.1, -0.05) is 12.2 Å². The number of hydrazone groups is 1. The van der Waals surface area contributed by atoms with Crippen molar-refractivity contribution in [2.75, 3.05) is 7.11 Å². The van der Waals surface area contributed by atoms with Gasteiger partial charge in [0.2, 0.25) is 0 Å². The topological polar surface area (TPSA) is 111 Å². The summed E-state index contributed by atoms with van der Waals surface area (Å²) in [5.74, 6) is 1.44. The predicted octanol–water partition coefficient (Wildman–Crippen LogP) is 3.57. The molecule has 7 rings (SSSR count). The molecule has 2 bridgehead atoms. The molecule has 9 nitrogen and oxygen atoms in total. The summed E-state index contributed by atoms with van der Waals surface area (Å²) >= 11 is 0. The average Bonchev–Trinajstić information content (AvgIpc) is 3.66. The van der Waals surface area contributed by atoms with E-state index in [1.807, 2.05) is 0 Å². The second-order valence-corrected chi connectivity index (χ2v) is 9.51. The Labute approximate surface area is 201 Å². The third-order valence-corrected chi connectivity index (χ3v) is 7.69. The van der Waals surface area contributed by atoms with E-state index in [0.29, 0.717) is 28.9 Å². The fourth-order valence-electron chi connectivity index (χ4n) is 5.94. The summed E-state index contributed by atoms with van der Waals surface area (Å²) in [4.78, 5) is 36.5. The van der Waals surface area contributed by atoms with Crippen molar-refractivity contribution >= 4 is 23.7 Å². The number of amides is 2. The van der Waals surface area contributed by atoms with Crippen molar-refractivity contribution in [1.82, 2.24) is 5.01 Å². The molecular formula is C26H23N3O6. The number of benzene rings is 2. The third kappa shape index (κ3) is 3.50. The molecule has 5 aliphatic rings. The number of hydrogen-bond donors (Lipinski definition) is 0. The molecule has 0 unspecified atom stereocenters. The largest absolute Gasteiger partial charge is 0.493 e. The van der Waals surface area contributed by atoms with Crippen LogP contribution in [0.4, 0.5) is 5.69 Å². The Hall–Kier alpha value is -4.01. The number of nitro benzene ring substituents is 1. The molecule has 178 valence electrons. The van der Waals surface area contributed by atoms with Crippen molar-refractivity contribution in [2.24, 2.45) is 40.6 Å². The highest BCUT2D eigenvalue weighted by atomic mass is 16.6. The van der Waals surface area contributed by atoms with Gasteiger partial charge in [0.25, 0.3) is 17.5 Å². The van der Waals surface area contributed by atoms with Crippen molar-refractivity contribution in [1.29, 1.82) is 0 Å². The van der Waals surface area contributed by atoms with Gasteiger partial charge in [0.1, 0.15) is 6.61 Å². The van der Waals surface area contributed by atoms with Gasteiger partial charge >= 0.3 is 0 Å². The van der Waals surface area contributed by atoms with Crippen molar-refractivity contribution in [3.8, 4) is 11.5 Å². The van der Waals surface area contributed by atoms with Gasteiger partial charge in [-0.15, -0.1) is 0 Å². The lowest BCUT2D eigenvalue weighted by atomic mass is 9.63. The Bertz CT molecular complexity index is 1250. The van der Waals surface area contributed by atoms with E-state index in [0.717, 1.165) is 17.0 Å². The summed E-state index contributed by atoms with van der Waals surface area (Å²) in [5, 5.41) is 16.1. The van der Waals surface area contributed by atoms with E-state index in [-0.39, 0.29) is 47.8 Å². The zero-order valence-electron chi connectivity index (χ0n) is 18.9. The molecule has 1 saturated heterocycles. The monoisotopic (exact) mass is 473 g/mol. The molecule has 1 aliphatic heterocycles. The number of non-ortho nitro benzene ring substituents is 1. The Morgan fingerprint density at radius 3 is 2.29 bits per heavy atom. The van der Waals surface area contributed by atoms with Crippen molar-refractivity contribution in [3.63, 3.8) is 0 Å². The van der Waals surface area contributed by atoms with Gasteiger partial charge in [0.15, 0.2) is 11.5 Å². The molecule has 6 atom stereocenters. The first-order valence-electron chi connectivity index (χ1n) is 11.6. The highest BCUT2D eigenvalue weighted by Gasteiger charge is 2.67. The maximum Gasteiger partial charge on any atom is 0.269 e. The standard InChI is InChI=1S/C26H23N3O6/c1-34-22-10-15(4-9-21(22)35-13-14-2-5-16(6-3-14)29(32)33)12-27-28-25(30)23-17-7-8-18(20-11-19(17)20)24(23)26(28)31/h2-10,12,17-20,23-24H,11,13H2,1H3/t17-,18-,19-,20-,23-,24+/m0/s1. The molecule has 0 radical (unpaired) electrons. The summed E-state index contributed by atoms with van der Waals surface area (Å²) in [6.07, 6.45) is 6.89. The van der Waals surface area contributed by atoms with E-state index >= 15 is 0 Å². The number of imide groups is 1. The van der Waals surface area contributed by atoms with E-state index in [9.17, 15) is 19.7 Å². The maximum absolute atomic E-state index is 13.1. The molecule has 0 N–H and O–H groups in total. The van der Waals surface area contributed by atoms with Crippen LogP contribution in [0.5, 0.6) is 11.5 Å². The van der Waals surface area contributed by atoms with Crippen LogP contribution in [0.25, 0.3) is 0 Å². The molecule has 1 heterocycles. The second kappa shape index (κ2) is 8.04. The predicted molar refractivity (Wildman–Crippen MR) is 125 cm³/mol. The maximum atomic E-state index is 13.1. The molecule has 3 fully saturated rings. The van der Waals surface area contributed by atoms with Gasteiger partial charge in [-0.3, -0.25) is 19.7 Å². The fraction of sp³-hybridized carbons (Fsp3) is 0.346. The zero-order valence-corrected chi connectivity index (χ0v) is 18.9. The third-order valence-electron chi connectivity index (χ3n) is 7.69. The minimum Gasteiger partial charge on any atom is -0.493 e. The summed E-state index contributed by atoms with van der Waals surface area (Å²) in [7, 11) is 1.52. The highest BCUT2D eigenvalue weighted by Crippen LogP contribution is 2.65. The van der Waals surface area contributed by atoms with Gasteiger partial charge in [0, 0.05) is 12.1 Å². The number of methoxy groups -OCH3 is 1. The fourth-order valence-corrected chi connectivity index (χ4v) is 5.94. The number of ether oxygens (including phenoxy) is 2. The summed E-state index contributed by atoms with van der Waals surface area (Å²) in [6, 6.07) is 11.3. The quantitative estimate of drug-likeness (QED) is 0.200. The van der Waals surface area contributed by atoms with Crippen LogP contribution in [0, 0.1) is 45.6 Å². The minimum atomic E-state index is -0.450. The second-order valence-electron chi connectivity index (χ2n) is 9.51. The molecule has 0 spiro atoms. The molecule has 9 heteroatoms. The summed E-state index contributed by atoms with van der Waals surface area (Å²) in [5.41, 5.74) is 1.45. The van der Waals surface area contributed by atoms with Gasteiger partial charge < -0.3 is 9.47 Å². The van der Waals surface area contributed by atoms with Crippen LogP contribution in [-0.4, -0.2) is 35.1 Å². The van der Waals surface area contributed by atoms with Crippen LogP contribution in [-0.2, 0) is 16.2 Å². The number of nitro groups is 1. The SMILES string of the molecule is COc1cc(C=NN2C(=O)[C@@H]3[C@H]4C=C[C@@H]([C@@H]5C[C@@H]45)[C@@H]3C2=O)ccc1OCc1ccc([N+](=O)[O-])cc1. The normalized spacial score (nSPS) is 29.9. The van der Waals surface area contributed by atoms with E-state index in [1.54, 1.807) is 30.3 Å². The zero-order chi connectivity index (χ0) is 24.3. The molecule has 2 amide bonds.